The molecule has 2 N–H and O–H groups in total. The summed E-state index contributed by atoms with van der Waals surface area (Å²) in [5, 5.41) is 8.58. The van der Waals surface area contributed by atoms with Crippen molar-refractivity contribution in [3.8, 4) is 17.2 Å². The predicted molar refractivity (Wildman–Crippen MR) is 135 cm³/mol. The lowest BCUT2D eigenvalue weighted by Gasteiger charge is -2.17. The van der Waals surface area contributed by atoms with E-state index in [0.29, 0.717) is 42.6 Å². The number of thiocarbonyl (C=S) groups is 1. The first-order chi connectivity index (χ1) is 16.0. The normalized spacial score (nSPS) is 11.8. The molecule has 0 saturated heterocycles. The van der Waals surface area contributed by atoms with E-state index in [1.54, 1.807) is 12.1 Å². The molecule has 3 aromatic rings. The third-order valence-corrected chi connectivity index (χ3v) is 5.73. The molecule has 0 fully saturated rings. The summed E-state index contributed by atoms with van der Waals surface area (Å²) >= 11 is 5.46. The first-order valence-electron chi connectivity index (χ1n) is 11.3. The quantitative estimate of drug-likeness (QED) is 0.443. The van der Waals surface area contributed by atoms with E-state index < -0.39 is 0 Å². The second-order valence-corrected chi connectivity index (χ2v) is 8.03. The smallest absolute Gasteiger partial charge is 0.257 e. The molecule has 7 heteroatoms. The first-order valence-corrected chi connectivity index (χ1v) is 11.7. The number of nitrogens with one attached hydrogen (secondary N) is 2. The van der Waals surface area contributed by atoms with Crippen LogP contribution in [0.1, 0.15) is 42.3 Å². The minimum absolute atomic E-state index is 0.225. The van der Waals surface area contributed by atoms with E-state index >= 15 is 0 Å². The maximum atomic E-state index is 13.0. The van der Waals surface area contributed by atoms with Crippen molar-refractivity contribution in [3.05, 3.63) is 59.2 Å². The van der Waals surface area contributed by atoms with Crippen LogP contribution < -0.4 is 24.8 Å². The molecule has 0 atom stereocenters. The highest BCUT2D eigenvalue weighted by atomic mass is 32.1. The van der Waals surface area contributed by atoms with Crippen molar-refractivity contribution >= 4 is 39.7 Å². The molecule has 1 amide bonds. The van der Waals surface area contributed by atoms with Gasteiger partial charge in [0.15, 0.2) is 16.6 Å². The SMILES string of the molecule is CCOc1cc(C(=O)NC(=S)Nc2ccc3c4c(cccc24)CC3)cc(OCC)c1OCC. The summed E-state index contributed by atoms with van der Waals surface area (Å²) in [6.07, 6.45) is 2.11. The minimum atomic E-state index is -0.358. The Bertz CT molecular complexity index is 1170. The summed E-state index contributed by atoms with van der Waals surface area (Å²) in [4.78, 5) is 13.0. The van der Waals surface area contributed by atoms with Crippen LogP contribution in [-0.2, 0) is 12.8 Å². The molecule has 172 valence electrons. The second-order valence-electron chi connectivity index (χ2n) is 7.62. The van der Waals surface area contributed by atoms with Crippen LogP contribution >= 0.6 is 12.2 Å². The maximum Gasteiger partial charge on any atom is 0.257 e. The van der Waals surface area contributed by atoms with E-state index in [9.17, 15) is 4.79 Å². The molecular formula is C26H28N2O4S. The number of ether oxygens (including phenoxy) is 3. The number of aryl methyl sites for hydroxylation is 2. The maximum absolute atomic E-state index is 13.0. The van der Waals surface area contributed by atoms with Crippen molar-refractivity contribution in [3.63, 3.8) is 0 Å². The van der Waals surface area contributed by atoms with Crippen LogP contribution in [0.2, 0.25) is 0 Å². The van der Waals surface area contributed by atoms with Crippen molar-refractivity contribution < 1.29 is 19.0 Å². The molecular weight excluding hydrogens is 436 g/mol. The van der Waals surface area contributed by atoms with Crippen LogP contribution in [-0.4, -0.2) is 30.8 Å². The lowest BCUT2D eigenvalue weighted by molar-refractivity contribution is 0.0976. The van der Waals surface area contributed by atoms with E-state index in [0.717, 1.165) is 23.9 Å². The van der Waals surface area contributed by atoms with Gasteiger partial charge in [-0.05, 0) is 80.5 Å². The molecule has 0 radical (unpaired) electrons. The van der Waals surface area contributed by atoms with E-state index in [1.165, 1.54) is 16.5 Å². The van der Waals surface area contributed by atoms with Crippen molar-refractivity contribution in [1.29, 1.82) is 0 Å². The molecule has 0 spiro atoms. The van der Waals surface area contributed by atoms with Gasteiger partial charge in [0.1, 0.15) is 0 Å². The summed E-state index contributed by atoms with van der Waals surface area (Å²) in [6.45, 7) is 6.95. The number of hydrogen-bond donors (Lipinski definition) is 2. The predicted octanol–water partition coefficient (Wildman–Crippen LogP) is 5.26. The van der Waals surface area contributed by atoms with Crippen LogP contribution in [0.4, 0.5) is 5.69 Å². The van der Waals surface area contributed by atoms with E-state index in [-0.39, 0.29) is 11.0 Å². The molecule has 1 aliphatic carbocycles. The molecule has 0 aromatic heterocycles. The zero-order valence-electron chi connectivity index (χ0n) is 19.1. The van der Waals surface area contributed by atoms with Gasteiger partial charge in [-0.25, -0.2) is 0 Å². The molecule has 0 unspecified atom stereocenters. The van der Waals surface area contributed by atoms with Gasteiger partial charge in [-0.15, -0.1) is 0 Å². The van der Waals surface area contributed by atoms with Gasteiger partial charge in [-0.3, -0.25) is 10.1 Å². The Morgan fingerprint density at radius 3 is 2.18 bits per heavy atom. The zero-order chi connectivity index (χ0) is 23.4. The standard InChI is InChI=1S/C26H28N2O4S/c1-4-30-21-14-18(15-22(31-5-2)24(21)32-6-3)25(29)28-26(33)27-20-13-12-17-11-10-16-8-7-9-19(20)23(16)17/h7-9,12-15H,4-6,10-11H2,1-3H3,(H2,27,28,29,33). The number of amides is 1. The fourth-order valence-electron chi connectivity index (χ4n) is 4.20. The summed E-state index contributed by atoms with van der Waals surface area (Å²) in [5.41, 5.74) is 3.94. The van der Waals surface area contributed by atoms with Crippen LogP contribution in [0.3, 0.4) is 0 Å². The van der Waals surface area contributed by atoms with Gasteiger partial charge >= 0.3 is 0 Å². The molecule has 0 saturated carbocycles. The Morgan fingerprint density at radius 2 is 1.55 bits per heavy atom. The number of benzene rings is 3. The number of rotatable bonds is 8. The molecule has 0 bridgehead atoms. The average molecular weight is 465 g/mol. The fraction of sp³-hybridized carbons (Fsp3) is 0.308. The lowest BCUT2D eigenvalue weighted by atomic mass is 10.0. The minimum Gasteiger partial charge on any atom is -0.490 e. The molecule has 1 aliphatic rings. The topological polar surface area (TPSA) is 68.8 Å². The highest BCUT2D eigenvalue weighted by Gasteiger charge is 2.20. The third-order valence-electron chi connectivity index (χ3n) is 5.52. The highest BCUT2D eigenvalue weighted by Crippen LogP contribution is 2.39. The fourth-order valence-corrected chi connectivity index (χ4v) is 4.41. The number of anilines is 1. The number of carbonyl (C=O) groups excluding carboxylic acids is 1. The largest absolute Gasteiger partial charge is 0.490 e. The Morgan fingerprint density at radius 1 is 0.909 bits per heavy atom. The molecule has 0 aliphatic heterocycles. The molecule has 3 aromatic carbocycles. The number of carbonyl (C=O) groups is 1. The Kier molecular flexibility index (Phi) is 6.99. The highest BCUT2D eigenvalue weighted by molar-refractivity contribution is 7.80. The van der Waals surface area contributed by atoms with Crippen LogP contribution in [0.15, 0.2) is 42.5 Å². The van der Waals surface area contributed by atoms with Gasteiger partial charge in [-0.2, -0.15) is 0 Å². The van der Waals surface area contributed by atoms with Crippen LogP contribution in [0, 0.1) is 0 Å². The van der Waals surface area contributed by atoms with Gasteiger partial charge in [0.25, 0.3) is 5.91 Å². The average Bonchev–Trinajstić information content (AvgIpc) is 3.22. The van der Waals surface area contributed by atoms with Gasteiger partial charge in [-0.1, -0.05) is 24.3 Å². The van der Waals surface area contributed by atoms with Gasteiger partial charge in [0.2, 0.25) is 5.75 Å². The van der Waals surface area contributed by atoms with Crippen LogP contribution in [0.5, 0.6) is 17.2 Å². The summed E-state index contributed by atoms with van der Waals surface area (Å²) < 4.78 is 17.1. The van der Waals surface area contributed by atoms with Crippen LogP contribution in [0.25, 0.3) is 10.8 Å². The van der Waals surface area contributed by atoms with E-state index in [2.05, 4.69) is 34.9 Å². The van der Waals surface area contributed by atoms with Gasteiger partial charge in [0.05, 0.1) is 19.8 Å². The van der Waals surface area contributed by atoms with Crippen molar-refractivity contribution in [2.75, 3.05) is 25.1 Å². The summed E-state index contributed by atoms with van der Waals surface area (Å²) in [7, 11) is 0. The van der Waals surface area contributed by atoms with Gasteiger partial charge in [0, 0.05) is 16.6 Å². The Balaban J connectivity index is 1.56. The van der Waals surface area contributed by atoms with Crippen molar-refractivity contribution in [2.45, 2.75) is 33.6 Å². The second kappa shape index (κ2) is 10.1. The molecule has 33 heavy (non-hydrogen) atoms. The van der Waals surface area contributed by atoms with Crippen molar-refractivity contribution in [2.24, 2.45) is 0 Å². The zero-order valence-corrected chi connectivity index (χ0v) is 19.9. The van der Waals surface area contributed by atoms with E-state index in [1.807, 2.05) is 26.8 Å². The first kappa shape index (κ1) is 22.9. The summed E-state index contributed by atoms with van der Waals surface area (Å²) in [5.74, 6) is 1.05. The monoisotopic (exact) mass is 464 g/mol. The Hall–Kier alpha value is -3.32. The molecule has 6 nitrogen and oxygen atoms in total. The van der Waals surface area contributed by atoms with Gasteiger partial charge < -0.3 is 19.5 Å². The lowest BCUT2D eigenvalue weighted by Crippen LogP contribution is -2.34. The Labute approximate surface area is 199 Å². The van der Waals surface area contributed by atoms with Crippen molar-refractivity contribution in [1.82, 2.24) is 5.32 Å². The summed E-state index contributed by atoms with van der Waals surface area (Å²) in [6, 6.07) is 13.7. The molecule has 0 heterocycles. The number of hydrogen-bond acceptors (Lipinski definition) is 5. The molecule has 4 rings (SSSR count). The third kappa shape index (κ3) is 4.73. The van der Waals surface area contributed by atoms with E-state index in [4.69, 9.17) is 26.4 Å².